The fourth-order valence-corrected chi connectivity index (χ4v) is 3.61. The number of non-ortho nitro benzene ring substituents is 1. The van der Waals surface area contributed by atoms with Crippen molar-refractivity contribution < 1.29 is 14.8 Å². The van der Waals surface area contributed by atoms with Crippen LogP contribution in [-0.2, 0) is 12.8 Å². The molecular weight excluding hydrogens is 394 g/mol. The van der Waals surface area contributed by atoms with Crippen molar-refractivity contribution in [2.75, 3.05) is 5.73 Å². The van der Waals surface area contributed by atoms with Crippen LogP contribution in [0.1, 0.15) is 40.0 Å². The minimum absolute atomic E-state index is 0.0156. The van der Waals surface area contributed by atoms with Gasteiger partial charge in [0.05, 0.1) is 21.0 Å². The average molecular weight is 414 g/mol. The molecule has 0 amide bonds. The van der Waals surface area contributed by atoms with Gasteiger partial charge in [-0.2, -0.15) is 0 Å². The third kappa shape index (κ3) is 4.30. The molecule has 0 unspecified atom stereocenters. The van der Waals surface area contributed by atoms with Crippen molar-refractivity contribution in [2.24, 2.45) is 0 Å². The van der Waals surface area contributed by atoms with Crippen molar-refractivity contribution in [3.63, 3.8) is 0 Å². The van der Waals surface area contributed by atoms with Gasteiger partial charge in [0.1, 0.15) is 0 Å². The number of aromatic nitrogens is 1. The average Bonchev–Trinajstić information content (AvgIpc) is 2.69. The molecule has 0 aliphatic heterocycles. The summed E-state index contributed by atoms with van der Waals surface area (Å²) in [6.07, 6.45) is 4.68. The lowest BCUT2D eigenvalue weighted by atomic mass is 9.92. The quantitative estimate of drug-likeness (QED) is 0.453. The highest BCUT2D eigenvalue weighted by atomic mass is 35.5. The van der Waals surface area contributed by atoms with E-state index in [4.69, 9.17) is 27.4 Å². The predicted octanol–water partition coefficient (Wildman–Crippen LogP) is 4.95. The fourth-order valence-electron chi connectivity index (χ4n) is 3.42. The molecule has 7 nitrogen and oxygen atoms in total. The van der Waals surface area contributed by atoms with Crippen LogP contribution >= 0.6 is 11.6 Å². The highest BCUT2D eigenvalue weighted by molar-refractivity contribution is 6.33. The number of nitro benzene ring substituents is 1. The Morgan fingerprint density at radius 3 is 2.66 bits per heavy atom. The van der Waals surface area contributed by atoms with Crippen LogP contribution in [0, 0.1) is 17.0 Å². The van der Waals surface area contributed by atoms with E-state index in [0.29, 0.717) is 0 Å². The largest absolute Gasteiger partial charge is 0.478 e. The number of hydrogen-bond acceptors (Lipinski definition) is 5. The molecule has 1 aliphatic rings. The first-order chi connectivity index (χ1) is 13.8. The zero-order valence-corrected chi connectivity index (χ0v) is 16.6. The summed E-state index contributed by atoms with van der Waals surface area (Å²) in [5.74, 6) is -1.28. The number of carboxylic acids is 1. The number of nitrogens with zero attached hydrogens (tertiary/aromatic N) is 2. The van der Waals surface area contributed by atoms with Gasteiger partial charge >= 0.3 is 5.97 Å². The van der Waals surface area contributed by atoms with Gasteiger partial charge in [-0.1, -0.05) is 29.8 Å². The maximum atomic E-state index is 10.5. The number of carbonyl (C=O) groups is 1. The molecule has 0 radical (unpaired) electrons. The number of para-hydroxylation sites is 1. The van der Waals surface area contributed by atoms with Crippen LogP contribution in [0.2, 0.25) is 5.02 Å². The summed E-state index contributed by atoms with van der Waals surface area (Å²) in [5, 5.41) is 19.9. The molecule has 2 aromatic carbocycles. The normalized spacial score (nSPS) is 12.6. The van der Waals surface area contributed by atoms with E-state index in [1.54, 1.807) is 0 Å². The van der Waals surface area contributed by atoms with Gasteiger partial charge in [-0.3, -0.25) is 15.1 Å². The summed E-state index contributed by atoms with van der Waals surface area (Å²) in [6, 6.07) is 9.50. The standard InChI is InChI=1S/C14H16N2.C7H4ClNO4/c1-9-5-4-7-11-13(15)10-6-2-3-8-12(10)16-14(9)11;8-6-2-1-4(9(12)13)3-5(6)7(10)11/h4-5,7H,2-3,6,8H2,1H3,(H2,15,16);1-3H,(H,10,11). The molecule has 150 valence electrons. The number of aromatic carboxylic acids is 1. The lowest BCUT2D eigenvalue weighted by Gasteiger charge is -2.19. The molecule has 1 aromatic heterocycles. The molecular formula is C21H20ClN3O4. The number of rotatable bonds is 2. The molecule has 29 heavy (non-hydrogen) atoms. The molecule has 1 aliphatic carbocycles. The monoisotopic (exact) mass is 413 g/mol. The Hall–Kier alpha value is -3.19. The predicted molar refractivity (Wildman–Crippen MR) is 113 cm³/mol. The number of nitrogens with two attached hydrogens (primary N) is 1. The van der Waals surface area contributed by atoms with E-state index in [1.807, 2.05) is 0 Å². The number of halogens is 1. The Balaban J connectivity index is 0.000000170. The molecule has 3 N–H and O–H groups in total. The molecule has 0 atom stereocenters. The van der Waals surface area contributed by atoms with E-state index in [0.717, 1.165) is 41.6 Å². The number of aryl methyl sites for hydroxylation is 2. The molecule has 4 rings (SSSR count). The SMILES string of the molecule is Cc1cccc2c(N)c3c(nc12)CCCC3.O=C(O)c1cc([N+](=O)[O-])ccc1Cl. The number of pyridine rings is 1. The first kappa shape index (κ1) is 20.5. The molecule has 0 fully saturated rings. The van der Waals surface area contributed by atoms with Crippen molar-refractivity contribution in [1.29, 1.82) is 0 Å². The molecule has 1 heterocycles. The number of fused-ring (bicyclic) bond motifs is 2. The first-order valence-electron chi connectivity index (χ1n) is 9.13. The Kier molecular flexibility index (Phi) is 5.98. The molecule has 0 saturated heterocycles. The van der Waals surface area contributed by atoms with Crippen LogP contribution in [0.5, 0.6) is 0 Å². The molecule has 0 saturated carbocycles. The number of hydrogen-bond donors (Lipinski definition) is 2. The van der Waals surface area contributed by atoms with Gasteiger partial charge in [-0.15, -0.1) is 0 Å². The van der Waals surface area contributed by atoms with Gasteiger partial charge in [0.15, 0.2) is 0 Å². The molecule has 0 spiro atoms. The molecule has 3 aromatic rings. The minimum Gasteiger partial charge on any atom is -0.478 e. The van der Waals surface area contributed by atoms with E-state index in [1.165, 1.54) is 35.7 Å². The van der Waals surface area contributed by atoms with E-state index in [2.05, 4.69) is 25.1 Å². The zero-order chi connectivity index (χ0) is 21.1. The Morgan fingerprint density at radius 2 is 1.97 bits per heavy atom. The highest BCUT2D eigenvalue weighted by Crippen LogP contribution is 2.32. The van der Waals surface area contributed by atoms with Crippen molar-refractivity contribution >= 4 is 39.8 Å². The van der Waals surface area contributed by atoms with E-state index in [9.17, 15) is 14.9 Å². The summed E-state index contributed by atoms with van der Waals surface area (Å²) in [6.45, 7) is 2.10. The zero-order valence-electron chi connectivity index (χ0n) is 15.8. The fraction of sp³-hybridized carbons (Fsp3) is 0.238. The maximum absolute atomic E-state index is 10.5. The van der Waals surface area contributed by atoms with Gasteiger partial charge in [-0.25, -0.2) is 4.79 Å². The van der Waals surface area contributed by atoms with E-state index < -0.39 is 10.9 Å². The first-order valence-corrected chi connectivity index (χ1v) is 9.51. The van der Waals surface area contributed by atoms with Crippen LogP contribution in [-0.4, -0.2) is 21.0 Å². The number of benzene rings is 2. The number of carboxylic acid groups (broad SMARTS) is 1. The van der Waals surface area contributed by atoms with Crippen LogP contribution in [0.15, 0.2) is 36.4 Å². The minimum atomic E-state index is -1.28. The summed E-state index contributed by atoms with van der Waals surface area (Å²) in [5.41, 5.74) is 11.5. The second-order valence-corrected chi connectivity index (χ2v) is 7.26. The van der Waals surface area contributed by atoms with Gasteiger partial charge in [0, 0.05) is 28.9 Å². The van der Waals surface area contributed by atoms with Crippen LogP contribution in [0.3, 0.4) is 0 Å². The third-order valence-electron chi connectivity index (χ3n) is 4.93. The third-order valence-corrected chi connectivity index (χ3v) is 5.26. The Labute approximate surface area is 172 Å². The summed E-state index contributed by atoms with van der Waals surface area (Å²) in [4.78, 5) is 24.9. The van der Waals surface area contributed by atoms with Crippen molar-refractivity contribution in [1.82, 2.24) is 4.98 Å². The van der Waals surface area contributed by atoms with Gasteiger partial charge in [0.2, 0.25) is 0 Å². The van der Waals surface area contributed by atoms with Crippen LogP contribution in [0.4, 0.5) is 11.4 Å². The van der Waals surface area contributed by atoms with E-state index >= 15 is 0 Å². The number of nitro groups is 1. The van der Waals surface area contributed by atoms with Crippen LogP contribution < -0.4 is 5.73 Å². The molecule has 0 bridgehead atoms. The summed E-state index contributed by atoms with van der Waals surface area (Å²) < 4.78 is 0. The topological polar surface area (TPSA) is 119 Å². The van der Waals surface area contributed by atoms with Crippen molar-refractivity contribution in [2.45, 2.75) is 32.6 Å². The van der Waals surface area contributed by atoms with Gasteiger partial charge in [-0.05, 0) is 49.8 Å². The van der Waals surface area contributed by atoms with Gasteiger partial charge < -0.3 is 10.8 Å². The second kappa shape index (κ2) is 8.45. The number of anilines is 1. The van der Waals surface area contributed by atoms with E-state index in [-0.39, 0.29) is 16.3 Å². The molecule has 8 heteroatoms. The maximum Gasteiger partial charge on any atom is 0.337 e. The van der Waals surface area contributed by atoms with Gasteiger partial charge in [0.25, 0.3) is 5.69 Å². The second-order valence-electron chi connectivity index (χ2n) is 6.86. The number of nitrogen functional groups attached to an aromatic ring is 1. The van der Waals surface area contributed by atoms with Crippen molar-refractivity contribution in [3.05, 3.63) is 73.9 Å². The Morgan fingerprint density at radius 1 is 1.24 bits per heavy atom. The van der Waals surface area contributed by atoms with Crippen LogP contribution in [0.25, 0.3) is 10.9 Å². The summed E-state index contributed by atoms with van der Waals surface area (Å²) in [7, 11) is 0. The summed E-state index contributed by atoms with van der Waals surface area (Å²) >= 11 is 5.49. The lowest BCUT2D eigenvalue weighted by Crippen LogP contribution is -2.09. The Bertz CT molecular complexity index is 1110. The smallest absolute Gasteiger partial charge is 0.337 e. The highest BCUT2D eigenvalue weighted by Gasteiger charge is 2.17. The lowest BCUT2D eigenvalue weighted by molar-refractivity contribution is -0.384. The van der Waals surface area contributed by atoms with Crippen molar-refractivity contribution in [3.8, 4) is 0 Å².